The summed E-state index contributed by atoms with van der Waals surface area (Å²) in [6.45, 7) is 2.04. The van der Waals surface area contributed by atoms with E-state index in [0.717, 1.165) is 20.2 Å². The fraction of sp³-hybridized carbons (Fsp3) is 0.100. The number of hydrogen-bond donors (Lipinski definition) is 0. The maximum atomic E-state index is 12.4. The van der Waals surface area contributed by atoms with Crippen molar-refractivity contribution in [1.82, 2.24) is 0 Å². The van der Waals surface area contributed by atoms with Crippen LogP contribution in [0.25, 0.3) is 0 Å². The van der Waals surface area contributed by atoms with Gasteiger partial charge in [-0.05, 0) is 49.4 Å². The number of hydrogen-bond acceptors (Lipinski definition) is 1. The Kier molecular flexibility index (Phi) is 5.04. The first-order valence-corrected chi connectivity index (χ1v) is 8.87. The van der Waals surface area contributed by atoms with Gasteiger partial charge in [-0.3, -0.25) is 0 Å². The van der Waals surface area contributed by atoms with Gasteiger partial charge in [-0.15, -0.1) is 13.2 Å². The highest BCUT2D eigenvalue weighted by atomic mass is 32.2. The zero-order chi connectivity index (χ0) is 17.9. The average molecular weight is 361 g/mol. The normalized spacial score (nSPS) is 12.6. The fourth-order valence-corrected chi connectivity index (χ4v) is 4.73. The van der Waals surface area contributed by atoms with Crippen molar-refractivity contribution in [1.29, 1.82) is 0 Å². The van der Waals surface area contributed by atoms with Gasteiger partial charge in [0.1, 0.15) is 5.75 Å². The van der Waals surface area contributed by atoms with Crippen LogP contribution in [0.3, 0.4) is 0 Å². The number of halogens is 3. The van der Waals surface area contributed by atoms with Gasteiger partial charge < -0.3 is 4.74 Å². The molecule has 0 N–H and O–H groups in total. The van der Waals surface area contributed by atoms with E-state index in [-0.39, 0.29) is 5.75 Å². The second-order valence-corrected chi connectivity index (χ2v) is 7.40. The zero-order valence-electron chi connectivity index (χ0n) is 13.5. The molecular weight excluding hydrogens is 345 g/mol. The molecule has 0 saturated heterocycles. The van der Waals surface area contributed by atoms with Crippen molar-refractivity contribution in [3.63, 3.8) is 0 Å². The minimum absolute atomic E-state index is 0.211. The summed E-state index contributed by atoms with van der Waals surface area (Å²) in [6, 6.07) is 24.1. The lowest BCUT2D eigenvalue weighted by atomic mass is 10.2. The molecule has 0 amide bonds. The molecule has 3 aromatic carbocycles. The van der Waals surface area contributed by atoms with E-state index < -0.39 is 17.3 Å². The van der Waals surface area contributed by atoms with Gasteiger partial charge in [-0.1, -0.05) is 36.4 Å². The number of aryl methyl sites for hydroxylation is 1. The van der Waals surface area contributed by atoms with Crippen LogP contribution in [0.5, 0.6) is 5.75 Å². The first-order chi connectivity index (χ1) is 11.9. The number of ether oxygens (including phenoxy) is 1. The van der Waals surface area contributed by atoms with Gasteiger partial charge in [-0.2, -0.15) is 0 Å². The van der Waals surface area contributed by atoms with Crippen LogP contribution in [-0.4, -0.2) is 6.36 Å². The van der Waals surface area contributed by atoms with Crippen molar-refractivity contribution in [3.05, 3.63) is 84.4 Å². The third kappa shape index (κ3) is 4.37. The lowest BCUT2D eigenvalue weighted by molar-refractivity contribution is -0.274. The quantitative estimate of drug-likeness (QED) is 0.519. The molecule has 1 nitrogen and oxygen atoms in total. The Morgan fingerprint density at radius 3 is 1.88 bits per heavy atom. The third-order valence-electron chi connectivity index (χ3n) is 3.59. The summed E-state index contributed by atoms with van der Waals surface area (Å²) >= 11 is 0. The summed E-state index contributed by atoms with van der Waals surface area (Å²) in [5, 5.41) is 0. The zero-order valence-corrected chi connectivity index (χ0v) is 14.3. The molecule has 1 unspecified atom stereocenters. The Morgan fingerprint density at radius 1 is 0.720 bits per heavy atom. The van der Waals surface area contributed by atoms with Crippen LogP contribution < -0.4 is 4.74 Å². The van der Waals surface area contributed by atoms with E-state index in [1.54, 1.807) is 12.1 Å². The van der Waals surface area contributed by atoms with E-state index >= 15 is 0 Å². The molecule has 0 bridgehead atoms. The highest BCUT2D eigenvalue weighted by Crippen LogP contribution is 2.34. The smallest absolute Gasteiger partial charge is 0.406 e. The standard InChI is InChI=1S/C20H16F3OS/c1-15-7-5-6-10-19(15)25(17-8-3-2-4-9-17)18-13-11-16(12-14-18)24-20(21,22)23/h2-14H,1H3/q+1. The predicted octanol–water partition coefficient (Wildman–Crippen LogP) is 5.99. The van der Waals surface area contributed by atoms with Crippen LogP contribution in [0.1, 0.15) is 5.56 Å². The summed E-state index contributed by atoms with van der Waals surface area (Å²) in [4.78, 5) is 3.20. The molecule has 25 heavy (non-hydrogen) atoms. The lowest BCUT2D eigenvalue weighted by Gasteiger charge is -2.11. The van der Waals surface area contributed by atoms with Crippen molar-refractivity contribution >= 4 is 10.9 Å². The molecule has 0 saturated carbocycles. The van der Waals surface area contributed by atoms with Crippen LogP contribution in [0.15, 0.2) is 93.5 Å². The molecule has 0 aliphatic carbocycles. The van der Waals surface area contributed by atoms with E-state index in [1.807, 2.05) is 55.5 Å². The van der Waals surface area contributed by atoms with E-state index in [2.05, 4.69) is 10.8 Å². The third-order valence-corrected chi connectivity index (χ3v) is 5.97. The van der Waals surface area contributed by atoms with Gasteiger partial charge in [0.25, 0.3) is 0 Å². The maximum absolute atomic E-state index is 12.4. The van der Waals surface area contributed by atoms with E-state index in [4.69, 9.17) is 0 Å². The van der Waals surface area contributed by atoms with Crippen molar-refractivity contribution < 1.29 is 17.9 Å². The average Bonchev–Trinajstić information content (AvgIpc) is 2.58. The fourth-order valence-electron chi connectivity index (χ4n) is 2.51. The second-order valence-electron chi connectivity index (χ2n) is 5.40. The molecule has 0 radical (unpaired) electrons. The van der Waals surface area contributed by atoms with E-state index in [9.17, 15) is 13.2 Å². The van der Waals surface area contributed by atoms with E-state index in [0.29, 0.717) is 0 Å². The van der Waals surface area contributed by atoms with Crippen molar-refractivity contribution in [2.45, 2.75) is 28.0 Å². The summed E-state index contributed by atoms with van der Waals surface area (Å²) in [6.07, 6.45) is -4.68. The van der Waals surface area contributed by atoms with Gasteiger partial charge in [0.15, 0.2) is 14.7 Å². The molecule has 5 heteroatoms. The SMILES string of the molecule is Cc1ccccc1[S+](c1ccccc1)c1ccc(OC(F)(F)F)cc1. The molecule has 1 atom stereocenters. The number of alkyl halides is 3. The van der Waals surface area contributed by atoms with E-state index in [1.165, 1.54) is 12.1 Å². The lowest BCUT2D eigenvalue weighted by Crippen LogP contribution is -2.17. The Balaban J connectivity index is 2.02. The highest BCUT2D eigenvalue weighted by Gasteiger charge is 2.33. The molecule has 0 spiro atoms. The first-order valence-electron chi connectivity index (χ1n) is 7.65. The molecular formula is C20H16F3OS+. The summed E-state index contributed by atoms with van der Waals surface area (Å²) in [5.41, 5.74) is 1.14. The monoisotopic (exact) mass is 361 g/mol. The van der Waals surface area contributed by atoms with Gasteiger partial charge >= 0.3 is 6.36 Å². The van der Waals surface area contributed by atoms with Gasteiger partial charge in [-0.25, -0.2) is 0 Å². The summed E-state index contributed by atoms with van der Waals surface area (Å²) in [5.74, 6) is -0.211. The van der Waals surface area contributed by atoms with Crippen LogP contribution in [-0.2, 0) is 10.9 Å². The Hall–Kier alpha value is -2.40. The summed E-state index contributed by atoms with van der Waals surface area (Å²) in [7, 11) is -0.394. The maximum Gasteiger partial charge on any atom is 0.573 e. The van der Waals surface area contributed by atoms with Crippen molar-refractivity contribution in [2.75, 3.05) is 0 Å². The largest absolute Gasteiger partial charge is 0.573 e. The minimum atomic E-state index is -4.68. The predicted molar refractivity (Wildman–Crippen MR) is 92.9 cm³/mol. The van der Waals surface area contributed by atoms with Crippen molar-refractivity contribution in [3.8, 4) is 5.75 Å². The molecule has 0 fully saturated rings. The van der Waals surface area contributed by atoms with Crippen LogP contribution in [0.4, 0.5) is 13.2 Å². The van der Waals surface area contributed by atoms with Crippen LogP contribution in [0, 0.1) is 6.92 Å². The molecule has 0 aliphatic rings. The summed E-state index contributed by atoms with van der Waals surface area (Å²) < 4.78 is 41.1. The van der Waals surface area contributed by atoms with Crippen LogP contribution in [0.2, 0.25) is 0 Å². The van der Waals surface area contributed by atoms with Gasteiger partial charge in [0.05, 0.1) is 10.9 Å². The minimum Gasteiger partial charge on any atom is -0.406 e. The second kappa shape index (κ2) is 7.23. The Morgan fingerprint density at radius 2 is 1.28 bits per heavy atom. The highest BCUT2D eigenvalue weighted by molar-refractivity contribution is 7.97. The molecule has 3 aromatic rings. The molecule has 0 heterocycles. The first kappa shape index (κ1) is 17.4. The Bertz CT molecular complexity index is 830. The number of benzene rings is 3. The number of rotatable bonds is 4. The van der Waals surface area contributed by atoms with Gasteiger partial charge in [0, 0.05) is 5.56 Å². The van der Waals surface area contributed by atoms with Crippen LogP contribution >= 0.6 is 0 Å². The van der Waals surface area contributed by atoms with Gasteiger partial charge in [0.2, 0.25) is 0 Å². The van der Waals surface area contributed by atoms with Crippen molar-refractivity contribution in [2.24, 2.45) is 0 Å². The molecule has 128 valence electrons. The molecule has 0 aromatic heterocycles. The molecule has 0 aliphatic heterocycles. The molecule has 3 rings (SSSR count). The topological polar surface area (TPSA) is 9.23 Å². The Labute approximate surface area is 147 Å².